The fraction of sp³-hybridized carbons (Fsp3) is 0.407. The number of carbonyl (C=O) groups is 3. The normalized spacial score (nSPS) is 24.2. The van der Waals surface area contributed by atoms with Gasteiger partial charge >= 0.3 is 12.1 Å². The Balaban J connectivity index is 1.55. The van der Waals surface area contributed by atoms with Gasteiger partial charge in [0.25, 0.3) is 0 Å². The maximum absolute atomic E-state index is 13.1. The number of carbonyl (C=O) groups excluding carboxylic acids is 3. The van der Waals surface area contributed by atoms with Crippen molar-refractivity contribution in [3.8, 4) is 6.07 Å². The Hall–Kier alpha value is -4.70. The Kier molecular flexibility index (Phi) is 7.92. The predicted octanol–water partition coefficient (Wildman–Crippen LogP) is 1.07. The largest absolute Gasteiger partial charge is 0.443 e. The number of primary amides is 1. The summed E-state index contributed by atoms with van der Waals surface area (Å²) in [4.78, 5) is 50.6. The van der Waals surface area contributed by atoms with Gasteiger partial charge in [-0.05, 0) is 55.2 Å². The van der Waals surface area contributed by atoms with E-state index in [4.69, 9.17) is 32.5 Å². The van der Waals surface area contributed by atoms with Crippen LogP contribution in [0.2, 0.25) is 0 Å². The van der Waals surface area contributed by atoms with E-state index in [0.29, 0.717) is 24.8 Å². The summed E-state index contributed by atoms with van der Waals surface area (Å²) in [6, 6.07) is 14.5. The zero-order valence-electron chi connectivity index (χ0n) is 21.8. The predicted molar refractivity (Wildman–Crippen MR) is 142 cm³/mol. The number of aliphatic imine (C=N–C) groups is 1. The lowest BCUT2D eigenvalue weighted by molar-refractivity contribution is -0.157. The Morgan fingerprint density at radius 1 is 1.15 bits per heavy atom. The van der Waals surface area contributed by atoms with E-state index < -0.39 is 34.5 Å². The van der Waals surface area contributed by atoms with E-state index >= 15 is 0 Å². The van der Waals surface area contributed by atoms with Crippen LogP contribution in [0.5, 0.6) is 0 Å². The molecule has 3 unspecified atom stereocenters. The molecule has 0 aliphatic heterocycles. The van der Waals surface area contributed by atoms with Gasteiger partial charge in [0.2, 0.25) is 5.91 Å². The van der Waals surface area contributed by atoms with Crippen LogP contribution in [0, 0.1) is 22.7 Å². The molecule has 4 atom stereocenters. The van der Waals surface area contributed by atoms with E-state index in [-0.39, 0.29) is 37.0 Å². The highest BCUT2D eigenvalue weighted by molar-refractivity contribution is 5.84. The van der Waals surface area contributed by atoms with Crippen molar-refractivity contribution in [2.24, 2.45) is 39.3 Å². The topological polar surface area (TPSA) is 235 Å². The maximum atomic E-state index is 13.1. The smallest absolute Gasteiger partial charge is 0.441 e. The highest BCUT2D eigenvalue weighted by atomic mass is 16.7. The van der Waals surface area contributed by atoms with Gasteiger partial charge in [-0.1, -0.05) is 36.4 Å². The Labute approximate surface area is 230 Å². The van der Waals surface area contributed by atoms with Crippen molar-refractivity contribution in [2.75, 3.05) is 0 Å². The number of ether oxygens (including phenoxy) is 1. The molecule has 2 aliphatic rings. The molecule has 9 N–H and O–H groups in total. The van der Waals surface area contributed by atoms with Crippen LogP contribution >= 0.6 is 0 Å². The average molecular weight is 549 g/mol. The third kappa shape index (κ3) is 5.39. The van der Waals surface area contributed by atoms with Gasteiger partial charge in [0.1, 0.15) is 12.1 Å². The number of nitrogens with zero attached hydrogens (tertiary/aromatic N) is 3. The van der Waals surface area contributed by atoms with E-state index in [1.807, 2.05) is 11.5 Å². The molecule has 0 spiro atoms. The van der Waals surface area contributed by atoms with Crippen molar-refractivity contribution < 1.29 is 24.0 Å². The number of nitriles is 1. The summed E-state index contributed by atoms with van der Waals surface area (Å²) in [7, 11) is 0. The molecule has 0 saturated heterocycles. The number of hydrogen-bond acceptors (Lipinski definition) is 9. The number of pyridine rings is 1. The molecule has 2 aliphatic carbocycles. The van der Waals surface area contributed by atoms with E-state index in [1.165, 1.54) is 12.3 Å². The number of nitrogens with one attached hydrogen (secondary N) is 1. The summed E-state index contributed by atoms with van der Waals surface area (Å²) in [5, 5.41) is 10.1. The first-order chi connectivity index (χ1) is 19.0. The highest BCUT2D eigenvalue weighted by Gasteiger charge is 2.63. The Morgan fingerprint density at radius 2 is 1.90 bits per heavy atom. The molecular weight excluding hydrogens is 516 g/mol. The SMILES string of the molecule is N#CC12CCC(C1)CC2(N=C(N)N)c1ccc([C@](N)(CCC(N)=O)C(=O)ONC(=O)OCc2ccccc2)nc1. The van der Waals surface area contributed by atoms with Gasteiger partial charge in [-0.2, -0.15) is 5.26 Å². The van der Waals surface area contributed by atoms with Crippen LogP contribution in [-0.4, -0.2) is 28.9 Å². The Morgan fingerprint density at radius 3 is 2.50 bits per heavy atom. The molecule has 4 rings (SSSR count). The van der Waals surface area contributed by atoms with Crippen LogP contribution in [0.3, 0.4) is 0 Å². The van der Waals surface area contributed by atoms with Crippen molar-refractivity contribution in [3.05, 3.63) is 65.5 Å². The third-order valence-electron chi connectivity index (χ3n) is 7.79. The molecule has 1 aromatic carbocycles. The number of aromatic nitrogens is 1. The molecule has 2 bridgehead atoms. The first kappa shape index (κ1) is 28.3. The standard InChI is InChI=1S/C27H32N8O5/c28-16-25-10-8-18(12-25)13-27(25,34-23(30)31)19-6-7-20(33-14-19)26(32,11-9-21(29)36)22(37)40-35-24(38)39-15-17-4-2-1-3-5-17/h1-7,14,18H,8-13,15,32H2,(H2,29,36)(H,35,38)(H4,30,31,34)/t18?,25?,26-,27?/m1/s1. The van der Waals surface area contributed by atoms with Crippen molar-refractivity contribution in [1.29, 1.82) is 5.26 Å². The number of hydrogen-bond donors (Lipinski definition) is 5. The third-order valence-corrected chi connectivity index (χ3v) is 7.79. The summed E-state index contributed by atoms with van der Waals surface area (Å²) in [6.07, 6.45) is 2.74. The first-order valence-electron chi connectivity index (χ1n) is 12.8. The molecule has 13 nitrogen and oxygen atoms in total. The minimum atomic E-state index is -1.95. The van der Waals surface area contributed by atoms with Gasteiger partial charge in [0, 0.05) is 12.6 Å². The second kappa shape index (κ2) is 11.2. The first-order valence-corrected chi connectivity index (χ1v) is 12.8. The molecule has 2 fully saturated rings. The molecule has 210 valence electrons. The van der Waals surface area contributed by atoms with E-state index in [0.717, 1.165) is 12.0 Å². The fourth-order valence-corrected chi connectivity index (χ4v) is 5.83. The van der Waals surface area contributed by atoms with Crippen molar-refractivity contribution in [2.45, 2.75) is 56.2 Å². The second-order valence-electron chi connectivity index (χ2n) is 10.3. The lowest BCUT2D eigenvalue weighted by Crippen LogP contribution is -2.49. The number of hydroxylamine groups is 1. The summed E-state index contributed by atoms with van der Waals surface area (Å²) < 4.78 is 5.04. The van der Waals surface area contributed by atoms with Gasteiger partial charge in [-0.25, -0.2) is 14.6 Å². The fourth-order valence-electron chi connectivity index (χ4n) is 5.83. The lowest BCUT2D eigenvalue weighted by Gasteiger charge is -2.40. The average Bonchev–Trinajstić information content (AvgIpc) is 3.51. The molecule has 1 heterocycles. The zero-order valence-corrected chi connectivity index (χ0v) is 21.8. The van der Waals surface area contributed by atoms with Crippen LogP contribution < -0.4 is 28.4 Å². The van der Waals surface area contributed by atoms with Gasteiger partial charge in [-0.15, -0.1) is 5.48 Å². The van der Waals surface area contributed by atoms with E-state index in [2.05, 4.69) is 16.0 Å². The minimum Gasteiger partial charge on any atom is -0.443 e. The number of amides is 2. The molecule has 2 saturated carbocycles. The van der Waals surface area contributed by atoms with Crippen molar-refractivity contribution in [3.63, 3.8) is 0 Å². The molecule has 1 aromatic heterocycles. The number of guanidine groups is 1. The number of benzene rings is 1. The van der Waals surface area contributed by atoms with Gasteiger partial charge in [0.05, 0.1) is 17.2 Å². The molecular formula is C27H32N8O5. The molecule has 0 radical (unpaired) electrons. The van der Waals surface area contributed by atoms with Gasteiger partial charge in [0.15, 0.2) is 11.5 Å². The van der Waals surface area contributed by atoms with E-state index in [1.54, 1.807) is 30.3 Å². The van der Waals surface area contributed by atoms with Crippen LogP contribution in [-0.2, 0) is 36.8 Å². The maximum Gasteiger partial charge on any atom is 0.441 e. The molecule has 40 heavy (non-hydrogen) atoms. The molecule has 2 amide bonds. The second-order valence-corrected chi connectivity index (χ2v) is 10.3. The van der Waals surface area contributed by atoms with Crippen LogP contribution in [0.1, 0.15) is 55.3 Å². The number of nitrogens with two attached hydrogens (primary N) is 4. The highest BCUT2D eigenvalue weighted by Crippen LogP contribution is 2.65. The summed E-state index contributed by atoms with van der Waals surface area (Å²) in [6.45, 7) is -0.0503. The monoisotopic (exact) mass is 548 g/mol. The van der Waals surface area contributed by atoms with Gasteiger partial charge in [-0.3, -0.25) is 9.78 Å². The number of fused-ring (bicyclic) bond motifs is 2. The van der Waals surface area contributed by atoms with E-state index in [9.17, 15) is 19.6 Å². The van der Waals surface area contributed by atoms with Gasteiger partial charge < -0.3 is 32.5 Å². The minimum absolute atomic E-state index is 0.0503. The van der Waals surface area contributed by atoms with Crippen LogP contribution in [0.4, 0.5) is 4.79 Å². The molecule has 13 heteroatoms. The van der Waals surface area contributed by atoms with Crippen LogP contribution in [0.25, 0.3) is 0 Å². The number of rotatable bonds is 9. The summed E-state index contributed by atoms with van der Waals surface area (Å²) in [5.41, 5.74) is 22.9. The Bertz CT molecular complexity index is 1340. The van der Waals surface area contributed by atoms with Crippen LogP contribution in [0.15, 0.2) is 53.7 Å². The lowest BCUT2D eigenvalue weighted by atomic mass is 9.66. The zero-order chi connectivity index (χ0) is 29.0. The summed E-state index contributed by atoms with van der Waals surface area (Å²) >= 11 is 0. The van der Waals surface area contributed by atoms with Crippen molar-refractivity contribution in [1.82, 2.24) is 10.5 Å². The molecule has 2 aromatic rings. The quantitative estimate of drug-likeness (QED) is 0.170. The van der Waals surface area contributed by atoms with Crippen molar-refractivity contribution >= 4 is 23.9 Å². The summed E-state index contributed by atoms with van der Waals surface area (Å²) in [5.74, 6) is -1.64.